The lowest BCUT2D eigenvalue weighted by Crippen LogP contribution is -2.40. The molecule has 1 fully saturated rings. The third kappa shape index (κ3) is 3.43. The molecular weight excluding hydrogens is 254 g/mol. The number of benzene rings is 2. The summed E-state index contributed by atoms with van der Waals surface area (Å²) in [6.45, 7) is 3.75. The number of likely N-dealkylation sites (tertiary alicyclic amines) is 1. The van der Waals surface area contributed by atoms with Gasteiger partial charge in [0.25, 0.3) is 0 Å². The van der Waals surface area contributed by atoms with E-state index in [1.165, 1.54) is 47.1 Å². The Bertz CT molecular complexity index is 551. The van der Waals surface area contributed by atoms with Crippen LogP contribution < -0.4 is 0 Å². The van der Waals surface area contributed by atoms with Crippen LogP contribution in [0.15, 0.2) is 66.7 Å². The van der Waals surface area contributed by atoms with Crippen molar-refractivity contribution >= 4 is 5.57 Å². The zero-order valence-electron chi connectivity index (χ0n) is 12.8. The van der Waals surface area contributed by atoms with E-state index in [0.717, 1.165) is 6.54 Å². The number of likely N-dealkylation sites (N-methyl/N-ethyl adjacent to an activating group) is 1. The summed E-state index contributed by atoms with van der Waals surface area (Å²) in [6, 6.07) is 21.5. The normalized spacial score (nSPS) is 16.6. The molecule has 0 unspecified atom stereocenters. The molecule has 1 aliphatic rings. The van der Waals surface area contributed by atoms with Crippen LogP contribution in [-0.4, -0.2) is 31.2 Å². The topological polar surface area (TPSA) is 0 Å². The molecule has 0 spiro atoms. The van der Waals surface area contributed by atoms with Crippen LogP contribution in [0.25, 0.3) is 5.57 Å². The summed E-state index contributed by atoms with van der Waals surface area (Å²) in [6.07, 6.45) is 5.18. The Morgan fingerprint density at radius 1 is 0.857 bits per heavy atom. The fourth-order valence-corrected chi connectivity index (χ4v) is 3.23. The van der Waals surface area contributed by atoms with E-state index in [1.807, 2.05) is 0 Å². The lowest BCUT2D eigenvalue weighted by molar-refractivity contribution is -0.891. The molecule has 1 nitrogen and oxygen atoms in total. The van der Waals surface area contributed by atoms with Crippen molar-refractivity contribution < 1.29 is 4.48 Å². The van der Waals surface area contributed by atoms with E-state index in [4.69, 9.17) is 0 Å². The quantitative estimate of drug-likeness (QED) is 0.729. The van der Waals surface area contributed by atoms with E-state index >= 15 is 0 Å². The van der Waals surface area contributed by atoms with Gasteiger partial charge in [-0.15, -0.1) is 0 Å². The van der Waals surface area contributed by atoms with Gasteiger partial charge in [-0.1, -0.05) is 60.7 Å². The highest BCUT2D eigenvalue weighted by Gasteiger charge is 2.25. The maximum absolute atomic E-state index is 2.44. The minimum Gasteiger partial charge on any atom is -0.323 e. The minimum atomic E-state index is 1.12. The summed E-state index contributed by atoms with van der Waals surface area (Å²) in [7, 11) is 2.39. The van der Waals surface area contributed by atoms with Gasteiger partial charge in [0.05, 0.1) is 26.7 Å². The van der Waals surface area contributed by atoms with Gasteiger partial charge in [-0.3, -0.25) is 0 Å². The highest BCUT2D eigenvalue weighted by molar-refractivity contribution is 5.79. The summed E-state index contributed by atoms with van der Waals surface area (Å²) >= 11 is 0. The monoisotopic (exact) mass is 278 g/mol. The largest absolute Gasteiger partial charge is 0.323 e. The lowest BCUT2D eigenvalue weighted by Gasteiger charge is -2.28. The molecular formula is C20H24N+. The van der Waals surface area contributed by atoms with E-state index in [-0.39, 0.29) is 0 Å². The van der Waals surface area contributed by atoms with Crippen molar-refractivity contribution in [3.05, 3.63) is 77.9 Å². The minimum absolute atomic E-state index is 1.12. The standard InChI is InChI=1S/C20H24N/c1-21(15-8-9-16-21)17-14-20(18-10-4-2-5-11-18)19-12-6-3-7-13-19/h2-7,10-14H,8-9,15-17H2,1H3/q+1. The molecule has 1 heteroatoms. The van der Waals surface area contributed by atoms with Crippen molar-refractivity contribution in [1.29, 1.82) is 0 Å². The highest BCUT2D eigenvalue weighted by atomic mass is 15.3. The fourth-order valence-electron chi connectivity index (χ4n) is 3.23. The Hall–Kier alpha value is -1.86. The zero-order valence-corrected chi connectivity index (χ0v) is 12.8. The molecule has 0 atom stereocenters. The molecule has 1 aliphatic heterocycles. The third-order valence-electron chi connectivity index (χ3n) is 4.55. The predicted molar refractivity (Wildman–Crippen MR) is 90.0 cm³/mol. The van der Waals surface area contributed by atoms with Crippen LogP contribution in [0.5, 0.6) is 0 Å². The van der Waals surface area contributed by atoms with Gasteiger partial charge in [0.15, 0.2) is 0 Å². The molecule has 0 radical (unpaired) electrons. The molecule has 3 rings (SSSR count). The van der Waals surface area contributed by atoms with Crippen LogP contribution in [-0.2, 0) is 0 Å². The molecule has 2 aromatic rings. The molecule has 108 valence electrons. The van der Waals surface area contributed by atoms with Crippen molar-refractivity contribution in [3.63, 3.8) is 0 Å². The summed E-state index contributed by atoms with van der Waals surface area (Å²) in [5, 5.41) is 0. The number of nitrogens with zero attached hydrogens (tertiary/aromatic N) is 1. The van der Waals surface area contributed by atoms with E-state index in [2.05, 4.69) is 73.8 Å². The van der Waals surface area contributed by atoms with Crippen molar-refractivity contribution in [2.45, 2.75) is 12.8 Å². The smallest absolute Gasteiger partial charge is 0.0980 e. The molecule has 0 amide bonds. The van der Waals surface area contributed by atoms with Crippen LogP contribution in [0.2, 0.25) is 0 Å². The molecule has 1 saturated heterocycles. The van der Waals surface area contributed by atoms with Crippen LogP contribution in [0.3, 0.4) is 0 Å². The molecule has 0 bridgehead atoms. The molecule has 0 aliphatic carbocycles. The summed E-state index contributed by atoms with van der Waals surface area (Å²) in [5.74, 6) is 0. The van der Waals surface area contributed by atoms with E-state index < -0.39 is 0 Å². The van der Waals surface area contributed by atoms with Crippen LogP contribution in [0.1, 0.15) is 24.0 Å². The third-order valence-corrected chi connectivity index (χ3v) is 4.55. The average Bonchev–Trinajstić information content (AvgIpc) is 2.97. The molecule has 0 aromatic heterocycles. The maximum Gasteiger partial charge on any atom is 0.0980 e. The first-order chi connectivity index (χ1) is 10.3. The SMILES string of the molecule is C[N+]1(CC=C(c2ccccc2)c2ccccc2)CCCC1. The van der Waals surface area contributed by atoms with Gasteiger partial charge in [-0.2, -0.15) is 0 Å². The predicted octanol–water partition coefficient (Wildman–Crippen LogP) is 4.36. The van der Waals surface area contributed by atoms with Gasteiger partial charge >= 0.3 is 0 Å². The van der Waals surface area contributed by atoms with Gasteiger partial charge in [0.1, 0.15) is 0 Å². The maximum atomic E-state index is 2.44. The second-order valence-electron chi connectivity index (χ2n) is 6.31. The van der Waals surface area contributed by atoms with Gasteiger partial charge in [0.2, 0.25) is 0 Å². The number of hydrogen-bond acceptors (Lipinski definition) is 0. The molecule has 21 heavy (non-hydrogen) atoms. The summed E-state index contributed by atoms with van der Waals surface area (Å²) in [4.78, 5) is 0. The van der Waals surface area contributed by atoms with Gasteiger partial charge in [0, 0.05) is 12.8 Å². The van der Waals surface area contributed by atoms with Crippen molar-refractivity contribution in [1.82, 2.24) is 0 Å². The molecule has 0 saturated carbocycles. The molecule has 1 heterocycles. The first-order valence-corrected chi connectivity index (χ1v) is 7.91. The van der Waals surface area contributed by atoms with Gasteiger partial charge in [-0.25, -0.2) is 0 Å². The van der Waals surface area contributed by atoms with E-state index in [1.54, 1.807) is 0 Å². The van der Waals surface area contributed by atoms with Gasteiger partial charge < -0.3 is 4.48 Å². The lowest BCUT2D eigenvalue weighted by atomic mass is 9.97. The Kier molecular flexibility index (Phi) is 4.21. The van der Waals surface area contributed by atoms with Crippen molar-refractivity contribution in [2.24, 2.45) is 0 Å². The highest BCUT2D eigenvalue weighted by Crippen LogP contribution is 2.25. The van der Waals surface area contributed by atoms with E-state index in [9.17, 15) is 0 Å². The second kappa shape index (κ2) is 6.28. The summed E-state index contributed by atoms with van der Waals surface area (Å²) in [5.41, 5.74) is 3.99. The zero-order chi connectivity index (χ0) is 14.5. The molecule has 0 N–H and O–H groups in total. The first-order valence-electron chi connectivity index (χ1n) is 7.91. The number of quaternary nitrogens is 1. The van der Waals surface area contributed by atoms with Crippen LogP contribution in [0, 0.1) is 0 Å². The summed E-state index contributed by atoms with van der Waals surface area (Å²) < 4.78 is 1.18. The van der Waals surface area contributed by atoms with Crippen molar-refractivity contribution in [3.8, 4) is 0 Å². The van der Waals surface area contributed by atoms with Crippen LogP contribution >= 0.6 is 0 Å². The average molecular weight is 278 g/mol. The fraction of sp³-hybridized carbons (Fsp3) is 0.300. The Labute approximate surface area is 128 Å². The van der Waals surface area contributed by atoms with Crippen LogP contribution in [0.4, 0.5) is 0 Å². The number of rotatable bonds is 4. The Morgan fingerprint density at radius 2 is 1.33 bits per heavy atom. The van der Waals surface area contributed by atoms with Crippen molar-refractivity contribution in [2.75, 3.05) is 26.7 Å². The first kappa shape index (κ1) is 14.1. The van der Waals surface area contributed by atoms with Gasteiger partial charge in [-0.05, 0) is 22.8 Å². The second-order valence-corrected chi connectivity index (χ2v) is 6.31. The Balaban J connectivity index is 1.93. The Morgan fingerprint density at radius 3 is 1.81 bits per heavy atom. The van der Waals surface area contributed by atoms with E-state index in [0.29, 0.717) is 0 Å². The molecule has 2 aromatic carbocycles. The number of hydrogen-bond donors (Lipinski definition) is 0.